The number of para-hydroxylation sites is 2. The highest BCUT2D eigenvalue weighted by molar-refractivity contribution is 7.13. The maximum absolute atomic E-state index is 13.0. The molecule has 1 aromatic carbocycles. The lowest BCUT2D eigenvalue weighted by Crippen LogP contribution is -2.11. The number of thiophene rings is 1. The van der Waals surface area contributed by atoms with Gasteiger partial charge in [-0.3, -0.25) is 0 Å². The lowest BCUT2D eigenvalue weighted by molar-refractivity contribution is 0.0732. The molecule has 0 aliphatic heterocycles. The van der Waals surface area contributed by atoms with Gasteiger partial charge in [0, 0.05) is 6.54 Å². The van der Waals surface area contributed by atoms with Crippen LogP contribution in [0.2, 0.25) is 0 Å². The molecule has 136 valence electrons. The van der Waals surface area contributed by atoms with Crippen LogP contribution in [0.1, 0.15) is 17.3 Å². The van der Waals surface area contributed by atoms with Gasteiger partial charge in [-0.2, -0.15) is 5.10 Å². The van der Waals surface area contributed by atoms with E-state index in [9.17, 15) is 4.79 Å². The molecule has 0 bridgehead atoms. The van der Waals surface area contributed by atoms with Crippen molar-refractivity contribution in [1.29, 1.82) is 0 Å². The van der Waals surface area contributed by atoms with Crippen molar-refractivity contribution >= 4 is 28.3 Å². The van der Waals surface area contributed by atoms with Gasteiger partial charge in [-0.05, 0) is 36.6 Å². The van der Waals surface area contributed by atoms with Crippen LogP contribution in [0.5, 0.6) is 11.5 Å². The van der Waals surface area contributed by atoms with E-state index in [0.717, 1.165) is 10.6 Å². The van der Waals surface area contributed by atoms with Gasteiger partial charge in [0.15, 0.2) is 17.1 Å². The SMILES string of the molecule is CCn1ncc2c(C(=O)Oc3ccccc3OC)cc(-c3cccs3)nc21. The van der Waals surface area contributed by atoms with E-state index in [-0.39, 0.29) is 0 Å². The predicted molar refractivity (Wildman–Crippen MR) is 104 cm³/mol. The molecule has 0 spiro atoms. The highest BCUT2D eigenvalue weighted by Crippen LogP contribution is 2.30. The summed E-state index contributed by atoms with van der Waals surface area (Å²) in [6.07, 6.45) is 1.66. The summed E-state index contributed by atoms with van der Waals surface area (Å²) in [5.74, 6) is 0.398. The molecule has 6 nitrogen and oxygen atoms in total. The highest BCUT2D eigenvalue weighted by atomic mass is 32.1. The van der Waals surface area contributed by atoms with E-state index < -0.39 is 5.97 Å². The molecule has 0 saturated carbocycles. The van der Waals surface area contributed by atoms with E-state index in [4.69, 9.17) is 14.5 Å². The number of carbonyl (C=O) groups excluding carboxylic acids is 1. The number of methoxy groups -OCH3 is 1. The van der Waals surface area contributed by atoms with E-state index in [2.05, 4.69) is 5.10 Å². The van der Waals surface area contributed by atoms with Crippen molar-refractivity contribution in [2.24, 2.45) is 0 Å². The first kappa shape index (κ1) is 17.2. The zero-order valence-corrected chi connectivity index (χ0v) is 15.7. The number of rotatable bonds is 5. The van der Waals surface area contributed by atoms with Crippen LogP contribution in [0.15, 0.2) is 54.0 Å². The van der Waals surface area contributed by atoms with Crippen molar-refractivity contribution in [2.75, 3.05) is 7.11 Å². The number of ether oxygens (including phenoxy) is 2. The summed E-state index contributed by atoms with van der Waals surface area (Å²) in [4.78, 5) is 18.7. The van der Waals surface area contributed by atoms with Crippen LogP contribution >= 0.6 is 11.3 Å². The smallest absolute Gasteiger partial charge is 0.344 e. The molecule has 0 amide bonds. The molecular formula is C20H17N3O3S. The third-order valence-electron chi connectivity index (χ3n) is 4.17. The summed E-state index contributed by atoms with van der Waals surface area (Å²) in [5, 5.41) is 6.99. The van der Waals surface area contributed by atoms with E-state index in [1.807, 2.05) is 30.5 Å². The van der Waals surface area contributed by atoms with Gasteiger partial charge in [-0.25, -0.2) is 14.5 Å². The number of fused-ring (bicyclic) bond motifs is 1. The van der Waals surface area contributed by atoms with E-state index >= 15 is 0 Å². The van der Waals surface area contributed by atoms with Crippen LogP contribution in [0, 0.1) is 0 Å². The number of benzene rings is 1. The summed E-state index contributed by atoms with van der Waals surface area (Å²) in [6, 6.07) is 12.7. The number of hydrogen-bond acceptors (Lipinski definition) is 6. The van der Waals surface area contributed by atoms with Gasteiger partial charge >= 0.3 is 5.97 Å². The van der Waals surface area contributed by atoms with E-state index in [0.29, 0.717) is 34.6 Å². The average Bonchev–Trinajstić information content (AvgIpc) is 3.37. The lowest BCUT2D eigenvalue weighted by Gasteiger charge is -2.10. The first-order valence-electron chi connectivity index (χ1n) is 8.47. The Bertz CT molecular complexity index is 1100. The largest absolute Gasteiger partial charge is 0.493 e. The molecule has 3 aromatic heterocycles. The maximum atomic E-state index is 13.0. The molecule has 3 heterocycles. The van der Waals surface area contributed by atoms with Crippen LogP contribution in [0.4, 0.5) is 0 Å². The number of esters is 1. The van der Waals surface area contributed by atoms with Crippen LogP contribution in [0.3, 0.4) is 0 Å². The monoisotopic (exact) mass is 379 g/mol. The molecule has 0 aliphatic rings. The molecule has 0 unspecified atom stereocenters. The van der Waals surface area contributed by atoms with E-state index in [1.54, 1.807) is 46.5 Å². The quantitative estimate of drug-likeness (QED) is 0.380. The second-order valence-electron chi connectivity index (χ2n) is 5.77. The number of carbonyl (C=O) groups is 1. The molecule has 27 heavy (non-hydrogen) atoms. The summed E-state index contributed by atoms with van der Waals surface area (Å²) >= 11 is 1.57. The van der Waals surface area contributed by atoms with Crippen molar-refractivity contribution in [3.63, 3.8) is 0 Å². The molecule has 0 fully saturated rings. The third-order valence-corrected chi connectivity index (χ3v) is 5.07. The van der Waals surface area contributed by atoms with Gasteiger partial charge in [-0.1, -0.05) is 18.2 Å². The van der Waals surface area contributed by atoms with Gasteiger partial charge in [0.25, 0.3) is 0 Å². The maximum Gasteiger partial charge on any atom is 0.344 e. The van der Waals surface area contributed by atoms with E-state index in [1.165, 1.54) is 7.11 Å². The Labute approximate surface area is 160 Å². The number of aromatic nitrogens is 3. The molecule has 0 aliphatic carbocycles. The summed E-state index contributed by atoms with van der Waals surface area (Å²) in [7, 11) is 1.54. The lowest BCUT2D eigenvalue weighted by atomic mass is 10.1. The normalized spacial score (nSPS) is 10.9. The highest BCUT2D eigenvalue weighted by Gasteiger charge is 2.20. The van der Waals surface area contributed by atoms with Gasteiger partial charge in [-0.15, -0.1) is 11.3 Å². The van der Waals surface area contributed by atoms with Gasteiger partial charge < -0.3 is 9.47 Å². The summed E-state index contributed by atoms with van der Waals surface area (Å²) in [5.41, 5.74) is 1.81. The molecule has 0 radical (unpaired) electrons. The first-order chi connectivity index (χ1) is 13.2. The minimum Gasteiger partial charge on any atom is -0.493 e. The van der Waals surface area contributed by atoms with Gasteiger partial charge in [0.1, 0.15) is 0 Å². The van der Waals surface area contributed by atoms with Crippen molar-refractivity contribution in [3.05, 3.63) is 59.6 Å². The first-order valence-corrected chi connectivity index (χ1v) is 9.35. The molecule has 0 saturated heterocycles. The second kappa shape index (κ2) is 7.20. The van der Waals surface area contributed by atoms with Crippen molar-refractivity contribution in [3.8, 4) is 22.1 Å². The number of pyridine rings is 1. The average molecular weight is 379 g/mol. The number of nitrogens with zero attached hydrogens (tertiary/aromatic N) is 3. The predicted octanol–water partition coefficient (Wildman–Crippen LogP) is 4.41. The Morgan fingerprint density at radius 2 is 2.00 bits per heavy atom. The Kier molecular flexibility index (Phi) is 4.60. The van der Waals surface area contributed by atoms with Crippen molar-refractivity contribution in [1.82, 2.24) is 14.8 Å². The molecule has 4 rings (SSSR count). The Hall–Kier alpha value is -3.19. The molecule has 7 heteroatoms. The minimum atomic E-state index is -0.472. The Morgan fingerprint density at radius 1 is 1.19 bits per heavy atom. The van der Waals surface area contributed by atoms with Crippen molar-refractivity contribution < 1.29 is 14.3 Å². The van der Waals surface area contributed by atoms with Gasteiger partial charge in [0.05, 0.1) is 34.8 Å². The van der Waals surface area contributed by atoms with Crippen LogP contribution in [-0.4, -0.2) is 27.8 Å². The van der Waals surface area contributed by atoms with Gasteiger partial charge in [0.2, 0.25) is 0 Å². The molecular weight excluding hydrogens is 362 g/mol. The Balaban J connectivity index is 1.82. The second-order valence-corrected chi connectivity index (χ2v) is 6.72. The minimum absolute atomic E-state index is 0.371. The number of aryl methyl sites for hydroxylation is 1. The van der Waals surface area contributed by atoms with Crippen LogP contribution in [-0.2, 0) is 6.54 Å². The molecule has 4 aromatic rings. The zero-order valence-electron chi connectivity index (χ0n) is 14.9. The third kappa shape index (κ3) is 3.17. The molecule has 0 N–H and O–H groups in total. The van der Waals surface area contributed by atoms with Crippen LogP contribution < -0.4 is 9.47 Å². The summed E-state index contributed by atoms with van der Waals surface area (Å²) in [6.45, 7) is 2.64. The summed E-state index contributed by atoms with van der Waals surface area (Å²) < 4.78 is 12.7. The standard InChI is InChI=1S/C20H17N3O3S/c1-3-23-19-14(12-21-23)13(11-15(22-19)18-9-6-10-27-18)20(24)26-17-8-5-4-7-16(17)25-2/h4-12H,3H2,1-2H3. The van der Waals surface area contributed by atoms with Crippen molar-refractivity contribution in [2.45, 2.75) is 13.5 Å². The van der Waals surface area contributed by atoms with Crippen LogP contribution in [0.25, 0.3) is 21.6 Å². The topological polar surface area (TPSA) is 66.2 Å². The fourth-order valence-corrected chi connectivity index (χ4v) is 3.54. The fourth-order valence-electron chi connectivity index (χ4n) is 2.86. The number of hydrogen-bond donors (Lipinski definition) is 0. The zero-order chi connectivity index (χ0) is 18.8. The Morgan fingerprint density at radius 3 is 2.70 bits per heavy atom. The fraction of sp³-hybridized carbons (Fsp3) is 0.150. The molecule has 0 atom stereocenters.